The smallest absolute Gasteiger partial charge is 0.406 e. The molecule has 1 aliphatic heterocycles. The lowest BCUT2D eigenvalue weighted by molar-refractivity contribution is -0.274. The summed E-state index contributed by atoms with van der Waals surface area (Å²) in [5.74, 6) is -3.89. The van der Waals surface area contributed by atoms with Crippen LogP contribution in [0.25, 0.3) is 0 Å². The number of hydrogen-bond acceptors (Lipinski definition) is 4. The molecule has 0 bridgehead atoms. The summed E-state index contributed by atoms with van der Waals surface area (Å²) >= 11 is 0. The first kappa shape index (κ1) is 20.9. The van der Waals surface area contributed by atoms with Crippen molar-refractivity contribution in [3.63, 3.8) is 0 Å². The van der Waals surface area contributed by atoms with Crippen LogP contribution in [-0.2, 0) is 0 Å². The van der Waals surface area contributed by atoms with Gasteiger partial charge in [0, 0.05) is 26.2 Å². The lowest BCUT2D eigenvalue weighted by atomic mass is 9.98. The average Bonchev–Trinajstić information content (AvgIpc) is 2.49. The van der Waals surface area contributed by atoms with Crippen molar-refractivity contribution in [3.8, 4) is 5.75 Å². The van der Waals surface area contributed by atoms with Crippen LogP contribution in [0.3, 0.4) is 0 Å². The Balaban J connectivity index is 0.00000288. The molecule has 1 atom stereocenters. The molecule has 10 heteroatoms. The van der Waals surface area contributed by atoms with E-state index in [9.17, 15) is 22.0 Å². The van der Waals surface area contributed by atoms with E-state index in [1.165, 1.54) is 4.90 Å². The second-order valence-corrected chi connectivity index (χ2v) is 5.22. The summed E-state index contributed by atoms with van der Waals surface area (Å²) in [5, 5.41) is 12.0. The van der Waals surface area contributed by atoms with E-state index in [0.717, 1.165) is 24.3 Å². The first-order valence-electron chi connectivity index (χ1n) is 7.02. The Labute approximate surface area is 142 Å². The molecule has 1 aromatic carbocycles. The molecule has 0 spiro atoms. The third kappa shape index (κ3) is 5.44. The summed E-state index contributed by atoms with van der Waals surface area (Å²) in [6, 6.07) is 2.90. The molecule has 2 rings (SSSR count). The summed E-state index contributed by atoms with van der Waals surface area (Å²) in [6.07, 6.45) is -4.84. The highest BCUT2D eigenvalue weighted by atomic mass is 35.5. The summed E-state index contributed by atoms with van der Waals surface area (Å²) in [7, 11) is 0. The van der Waals surface area contributed by atoms with Gasteiger partial charge in [-0.15, -0.1) is 25.6 Å². The first-order valence-corrected chi connectivity index (χ1v) is 7.02. The normalized spacial score (nSPS) is 17.9. The van der Waals surface area contributed by atoms with Crippen LogP contribution in [0.5, 0.6) is 5.75 Å². The molecule has 24 heavy (non-hydrogen) atoms. The highest BCUT2D eigenvalue weighted by Gasteiger charge is 2.44. The molecule has 0 aliphatic carbocycles. The van der Waals surface area contributed by atoms with E-state index in [1.54, 1.807) is 0 Å². The van der Waals surface area contributed by atoms with Gasteiger partial charge in [-0.1, -0.05) is 12.1 Å². The molecule has 1 aromatic rings. The van der Waals surface area contributed by atoms with Gasteiger partial charge < -0.3 is 15.2 Å². The number of alkyl halides is 5. The molecule has 2 N–H and O–H groups in total. The van der Waals surface area contributed by atoms with Gasteiger partial charge in [0.15, 0.2) is 0 Å². The van der Waals surface area contributed by atoms with Gasteiger partial charge in [0.1, 0.15) is 18.4 Å². The number of nitrogens with one attached hydrogen (secondary N) is 1. The number of aliphatic hydroxyl groups is 1. The minimum atomic E-state index is -4.84. The molecule has 1 aliphatic rings. The Morgan fingerprint density at radius 3 is 2.08 bits per heavy atom. The Hall–Kier alpha value is -1.16. The molecule has 138 valence electrons. The minimum Gasteiger partial charge on any atom is -0.406 e. The quantitative estimate of drug-likeness (QED) is 0.775. The molecule has 4 nitrogen and oxygen atoms in total. The van der Waals surface area contributed by atoms with Crippen LogP contribution in [0.15, 0.2) is 24.3 Å². The van der Waals surface area contributed by atoms with Crippen LogP contribution in [0.4, 0.5) is 22.0 Å². The van der Waals surface area contributed by atoms with E-state index in [-0.39, 0.29) is 18.0 Å². The lowest BCUT2D eigenvalue weighted by Gasteiger charge is -2.38. The van der Waals surface area contributed by atoms with Crippen LogP contribution in [0.2, 0.25) is 0 Å². The number of rotatable bonds is 5. The highest BCUT2D eigenvalue weighted by Crippen LogP contribution is 2.37. The predicted octanol–water partition coefficient (Wildman–Crippen LogP) is 2.58. The van der Waals surface area contributed by atoms with Gasteiger partial charge in [-0.25, -0.2) is 8.78 Å². The fourth-order valence-electron chi connectivity index (χ4n) is 2.60. The van der Waals surface area contributed by atoms with Crippen LogP contribution >= 0.6 is 12.4 Å². The maximum Gasteiger partial charge on any atom is 0.573 e. The Morgan fingerprint density at radius 1 is 1.08 bits per heavy atom. The van der Waals surface area contributed by atoms with E-state index >= 15 is 0 Å². The molecule has 0 radical (unpaired) electrons. The standard InChI is InChI=1S/C14H17F5N2O2.ClH/c15-13(16,9-22)12(21-7-5-20-6-8-21)10-1-3-11(4-2-10)23-14(17,18)19;/h1-4,12,20,22H,5-9H2;1H/t12-;/m0./s1. The monoisotopic (exact) mass is 376 g/mol. The second-order valence-electron chi connectivity index (χ2n) is 5.22. The molecule has 1 fully saturated rings. The average molecular weight is 377 g/mol. The van der Waals surface area contributed by atoms with Gasteiger partial charge in [-0.2, -0.15) is 0 Å². The minimum absolute atomic E-state index is 0. The summed E-state index contributed by atoms with van der Waals surface area (Å²) in [6.45, 7) is 0.394. The van der Waals surface area contributed by atoms with E-state index < -0.39 is 30.7 Å². The summed E-state index contributed by atoms with van der Waals surface area (Å²) in [4.78, 5) is 1.51. The molecule has 1 heterocycles. The number of halogens is 6. The maximum absolute atomic E-state index is 14.1. The van der Waals surface area contributed by atoms with Crippen LogP contribution in [0.1, 0.15) is 11.6 Å². The number of piperazine rings is 1. The van der Waals surface area contributed by atoms with Gasteiger partial charge in [0.2, 0.25) is 0 Å². The van der Waals surface area contributed by atoms with Crippen LogP contribution in [-0.4, -0.2) is 55.1 Å². The third-order valence-corrected chi connectivity index (χ3v) is 3.56. The van der Waals surface area contributed by atoms with E-state index in [2.05, 4.69) is 10.1 Å². The predicted molar refractivity (Wildman–Crippen MR) is 79.6 cm³/mol. The molecule has 0 saturated carbocycles. The van der Waals surface area contributed by atoms with Crippen molar-refractivity contribution in [1.29, 1.82) is 0 Å². The van der Waals surface area contributed by atoms with Crippen molar-refractivity contribution in [1.82, 2.24) is 10.2 Å². The van der Waals surface area contributed by atoms with Crippen molar-refractivity contribution in [3.05, 3.63) is 29.8 Å². The van der Waals surface area contributed by atoms with Gasteiger partial charge in [-0.3, -0.25) is 4.90 Å². The Morgan fingerprint density at radius 2 is 1.62 bits per heavy atom. The van der Waals surface area contributed by atoms with Gasteiger partial charge in [-0.05, 0) is 17.7 Å². The second kappa shape index (κ2) is 8.28. The maximum atomic E-state index is 14.1. The molecule has 1 saturated heterocycles. The molecular weight excluding hydrogens is 359 g/mol. The Kier molecular flexibility index (Phi) is 7.21. The molecule has 0 aromatic heterocycles. The zero-order chi connectivity index (χ0) is 17.1. The number of hydrogen-bond donors (Lipinski definition) is 2. The lowest BCUT2D eigenvalue weighted by Crippen LogP contribution is -2.51. The number of ether oxygens (including phenoxy) is 1. The number of benzene rings is 1. The third-order valence-electron chi connectivity index (χ3n) is 3.56. The van der Waals surface area contributed by atoms with Crippen LogP contribution in [0, 0.1) is 0 Å². The van der Waals surface area contributed by atoms with Crippen molar-refractivity contribution < 1.29 is 31.8 Å². The van der Waals surface area contributed by atoms with Crippen molar-refractivity contribution in [2.45, 2.75) is 18.3 Å². The number of aliphatic hydroxyl groups excluding tert-OH is 1. The fraction of sp³-hybridized carbons (Fsp3) is 0.571. The van der Waals surface area contributed by atoms with Crippen molar-refractivity contribution in [2.75, 3.05) is 32.8 Å². The Bertz CT molecular complexity index is 507. The summed E-state index contributed by atoms with van der Waals surface area (Å²) < 4.78 is 68.4. The molecular formula is C14H18ClF5N2O2. The first-order chi connectivity index (χ1) is 10.7. The van der Waals surface area contributed by atoms with Crippen molar-refractivity contribution in [2.24, 2.45) is 0 Å². The van der Waals surface area contributed by atoms with E-state index in [0.29, 0.717) is 26.2 Å². The van der Waals surface area contributed by atoms with Gasteiger partial charge >= 0.3 is 6.36 Å². The summed E-state index contributed by atoms with van der Waals surface area (Å²) in [5.41, 5.74) is 0.125. The van der Waals surface area contributed by atoms with E-state index in [4.69, 9.17) is 5.11 Å². The largest absolute Gasteiger partial charge is 0.573 e. The van der Waals surface area contributed by atoms with Crippen LogP contribution < -0.4 is 10.1 Å². The van der Waals surface area contributed by atoms with Gasteiger partial charge in [0.05, 0.1) is 0 Å². The molecule has 0 unspecified atom stereocenters. The highest BCUT2D eigenvalue weighted by molar-refractivity contribution is 5.85. The van der Waals surface area contributed by atoms with Gasteiger partial charge in [0.25, 0.3) is 5.92 Å². The SMILES string of the molecule is Cl.OCC(F)(F)[C@H](c1ccc(OC(F)(F)F)cc1)N1CCNCC1. The molecule has 0 amide bonds. The van der Waals surface area contributed by atoms with E-state index in [1.807, 2.05) is 0 Å². The number of nitrogens with zero attached hydrogens (tertiary/aromatic N) is 1. The fourth-order valence-corrected chi connectivity index (χ4v) is 2.60. The zero-order valence-corrected chi connectivity index (χ0v) is 13.3. The topological polar surface area (TPSA) is 44.7 Å². The zero-order valence-electron chi connectivity index (χ0n) is 12.5. The van der Waals surface area contributed by atoms with Crippen molar-refractivity contribution >= 4 is 12.4 Å².